The summed E-state index contributed by atoms with van der Waals surface area (Å²) in [6, 6.07) is 0.00207. The molecule has 1 unspecified atom stereocenters. The maximum absolute atomic E-state index is 12.1. The predicted molar refractivity (Wildman–Crippen MR) is 83.4 cm³/mol. The Kier molecular flexibility index (Phi) is 6.45. The van der Waals surface area contributed by atoms with Crippen LogP contribution in [0.5, 0.6) is 0 Å². The standard InChI is InChI=1S/C13H24ClN5O/c1-9(2)10(15)7-16-11-8-17-19(6-5-18(3)4)13(20)12(11)14/h8-10,16H,5-7,15H2,1-4H3. The molecule has 1 atom stereocenters. The average molecular weight is 302 g/mol. The summed E-state index contributed by atoms with van der Waals surface area (Å²) in [7, 11) is 3.88. The van der Waals surface area contributed by atoms with Gasteiger partial charge in [0.25, 0.3) is 5.56 Å². The topological polar surface area (TPSA) is 76.2 Å². The first-order chi connectivity index (χ1) is 9.32. The van der Waals surface area contributed by atoms with Gasteiger partial charge < -0.3 is 16.0 Å². The molecular weight excluding hydrogens is 278 g/mol. The first kappa shape index (κ1) is 16.9. The van der Waals surface area contributed by atoms with E-state index in [4.69, 9.17) is 17.3 Å². The van der Waals surface area contributed by atoms with E-state index >= 15 is 0 Å². The fourth-order valence-corrected chi connectivity index (χ4v) is 1.72. The normalized spacial score (nSPS) is 13.0. The molecule has 3 N–H and O–H groups in total. The van der Waals surface area contributed by atoms with Crippen LogP contribution >= 0.6 is 11.6 Å². The fourth-order valence-electron chi connectivity index (χ4n) is 1.51. The van der Waals surface area contributed by atoms with Crippen LogP contribution in [0, 0.1) is 5.92 Å². The number of nitrogens with zero attached hydrogens (tertiary/aromatic N) is 3. The zero-order valence-corrected chi connectivity index (χ0v) is 13.3. The van der Waals surface area contributed by atoms with Gasteiger partial charge in [0.05, 0.1) is 18.4 Å². The van der Waals surface area contributed by atoms with Crippen LogP contribution in [0.2, 0.25) is 5.02 Å². The number of hydrogen-bond donors (Lipinski definition) is 2. The Morgan fingerprint density at radius 1 is 1.50 bits per heavy atom. The summed E-state index contributed by atoms with van der Waals surface area (Å²) in [6.07, 6.45) is 1.58. The van der Waals surface area contributed by atoms with Crippen molar-refractivity contribution in [3.63, 3.8) is 0 Å². The first-order valence-electron chi connectivity index (χ1n) is 6.72. The number of rotatable bonds is 7. The van der Waals surface area contributed by atoms with E-state index in [1.54, 1.807) is 6.20 Å². The van der Waals surface area contributed by atoms with Crippen molar-refractivity contribution in [1.29, 1.82) is 0 Å². The largest absolute Gasteiger partial charge is 0.381 e. The van der Waals surface area contributed by atoms with Crippen molar-refractivity contribution >= 4 is 17.3 Å². The lowest BCUT2D eigenvalue weighted by Crippen LogP contribution is -2.35. The fraction of sp³-hybridized carbons (Fsp3) is 0.692. The molecule has 0 saturated carbocycles. The number of halogens is 1. The first-order valence-corrected chi connectivity index (χ1v) is 7.10. The van der Waals surface area contributed by atoms with Crippen molar-refractivity contribution in [1.82, 2.24) is 14.7 Å². The summed E-state index contributed by atoms with van der Waals surface area (Å²) in [6.45, 7) is 5.89. The Morgan fingerprint density at radius 3 is 2.70 bits per heavy atom. The van der Waals surface area contributed by atoms with Crippen molar-refractivity contribution in [3.05, 3.63) is 21.6 Å². The number of hydrogen-bond acceptors (Lipinski definition) is 5. The highest BCUT2D eigenvalue weighted by Gasteiger charge is 2.12. The molecule has 0 aromatic carbocycles. The van der Waals surface area contributed by atoms with Crippen LogP contribution < -0.4 is 16.6 Å². The quantitative estimate of drug-likeness (QED) is 0.781. The van der Waals surface area contributed by atoms with E-state index in [1.165, 1.54) is 4.68 Å². The van der Waals surface area contributed by atoms with Gasteiger partial charge in [-0.25, -0.2) is 4.68 Å². The van der Waals surface area contributed by atoms with Crippen LogP contribution in [0.1, 0.15) is 13.8 Å². The minimum atomic E-state index is -0.281. The molecule has 0 aliphatic heterocycles. The van der Waals surface area contributed by atoms with Gasteiger partial charge in [0.1, 0.15) is 5.02 Å². The van der Waals surface area contributed by atoms with Gasteiger partial charge in [-0.05, 0) is 20.0 Å². The second-order valence-electron chi connectivity index (χ2n) is 5.49. The molecule has 0 radical (unpaired) electrons. The lowest BCUT2D eigenvalue weighted by Gasteiger charge is -2.17. The molecule has 6 nitrogen and oxygen atoms in total. The van der Waals surface area contributed by atoms with Gasteiger partial charge in [-0.1, -0.05) is 25.4 Å². The Balaban J connectivity index is 2.76. The van der Waals surface area contributed by atoms with E-state index in [9.17, 15) is 4.79 Å². The third kappa shape index (κ3) is 4.77. The van der Waals surface area contributed by atoms with E-state index in [-0.39, 0.29) is 16.6 Å². The minimum Gasteiger partial charge on any atom is -0.381 e. The summed E-state index contributed by atoms with van der Waals surface area (Å²) in [5.74, 6) is 0.356. The highest BCUT2D eigenvalue weighted by molar-refractivity contribution is 6.32. The molecule has 7 heteroatoms. The zero-order chi connectivity index (χ0) is 15.3. The van der Waals surface area contributed by atoms with Gasteiger partial charge in [-0.2, -0.15) is 5.10 Å². The molecule has 0 saturated heterocycles. The van der Waals surface area contributed by atoms with Crippen molar-refractivity contribution in [2.45, 2.75) is 26.4 Å². The van der Waals surface area contributed by atoms with Crippen LogP contribution in [0.25, 0.3) is 0 Å². The van der Waals surface area contributed by atoms with Gasteiger partial charge >= 0.3 is 0 Å². The third-order valence-electron chi connectivity index (χ3n) is 3.13. The molecule has 0 spiro atoms. The molecule has 0 amide bonds. The second kappa shape index (κ2) is 7.61. The zero-order valence-electron chi connectivity index (χ0n) is 12.6. The molecule has 0 aliphatic rings. The van der Waals surface area contributed by atoms with Gasteiger partial charge in [0.15, 0.2) is 0 Å². The van der Waals surface area contributed by atoms with Crippen molar-refractivity contribution in [2.75, 3.05) is 32.5 Å². The molecule has 114 valence electrons. The maximum Gasteiger partial charge on any atom is 0.287 e. The van der Waals surface area contributed by atoms with E-state index in [2.05, 4.69) is 10.4 Å². The molecule has 0 bridgehead atoms. The highest BCUT2D eigenvalue weighted by atomic mass is 35.5. The van der Waals surface area contributed by atoms with Crippen LogP contribution in [0.15, 0.2) is 11.0 Å². The SMILES string of the molecule is CC(C)C(N)CNc1cnn(CCN(C)C)c(=O)c1Cl. The average Bonchev–Trinajstić information content (AvgIpc) is 2.38. The smallest absolute Gasteiger partial charge is 0.287 e. The Hall–Kier alpha value is -1.11. The molecule has 1 heterocycles. The van der Waals surface area contributed by atoms with Crippen LogP contribution in [-0.2, 0) is 6.54 Å². The van der Waals surface area contributed by atoms with Gasteiger partial charge in [-0.15, -0.1) is 0 Å². The van der Waals surface area contributed by atoms with E-state index in [0.717, 1.165) is 6.54 Å². The molecular formula is C13H24ClN5O. The van der Waals surface area contributed by atoms with Gasteiger partial charge in [-0.3, -0.25) is 4.79 Å². The van der Waals surface area contributed by atoms with Crippen LogP contribution in [0.3, 0.4) is 0 Å². The van der Waals surface area contributed by atoms with Crippen molar-refractivity contribution in [2.24, 2.45) is 11.7 Å². The highest BCUT2D eigenvalue weighted by Crippen LogP contribution is 2.15. The summed E-state index contributed by atoms with van der Waals surface area (Å²) in [4.78, 5) is 14.0. The number of aromatic nitrogens is 2. The maximum atomic E-state index is 12.1. The van der Waals surface area contributed by atoms with E-state index in [0.29, 0.717) is 24.7 Å². The minimum absolute atomic E-state index is 0.00207. The van der Waals surface area contributed by atoms with Crippen LogP contribution in [-0.4, -0.2) is 47.9 Å². The monoisotopic (exact) mass is 301 g/mol. The van der Waals surface area contributed by atoms with Gasteiger partial charge in [0.2, 0.25) is 0 Å². The Labute approximate surface area is 124 Å². The van der Waals surface area contributed by atoms with Gasteiger partial charge in [0, 0.05) is 19.1 Å². The lowest BCUT2D eigenvalue weighted by atomic mass is 10.1. The number of likely N-dealkylation sites (N-methyl/N-ethyl adjacent to an activating group) is 1. The van der Waals surface area contributed by atoms with Crippen molar-refractivity contribution < 1.29 is 0 Å². The Morgan fingerprint density at radius 2 is 2.15 bits per heavy atom. The molecule has 20 heavy (non-hydrogen) atoms. The molecule has 0 fully saturated rings. The summed E-state index contributed by atoms with van der Waals surface area (Å²) in [5.41, 5.74) is 6.20. The number of nitrogens with two attached hydrogens (primary N) is 1. The second-order valence-corrected chi connectivity index (χ2v) is 5.87. The van der Waals surface area contributed by atoms with E-state index < -0.39 is 0 Å². The molecule has 1 rings (SSSR count). The molecule has 1 aromatic heterocycles. The summed E-state index contributed by atoms with van der Waals surface area (Å²) < 4.78 is 1.37. The molecule has 1 aromatic rings. The Bertz CT molecular complexity index is 486. The lowest BCUT2D eigenvalue weighted by molar-refractivity contribution is 0.367. The predicted octanol–water partition coefficient (Wildman–Crippen LogP) is 0.853. The molecule has 0 aliphatic carbocycles. The summed E-state index contributed by atoms with van der Waals surface area (Å²) >= 11 is 6.09. The van der Waals surface area contributed by atoms with Crippen molar-refractivity contribution in [3.8, 4) is 0 Å². The summed E-state index contributed by atoms with van der Waals surface area (Å²) in [5, 5.41) is 7.37. The van der Waals surface area contributed by atoms with Crippen LogP contribution in [0.4, 0.5) is 5.69 Å². The third-order valence-corrected chi connectivity index (χ3v) is 3.49. The number of anilines is 1. The number of nitrogens with one attached hydrogen (secondary N) is 1. The van der Waals surface area contributed by atoms with E-state index in [1.807, 2.05) is 32.8 Å².